The van der Waals surface area contributed by atoms with Crippen LogP contribution >= 0.6 is 0 Å². The summed E-state index contributed by atoms with van der Waals surface area (Å²) in [5.41, 5.74) is 2.04. The highest BCUT2D eigenvalue weighted by Gasteiger charge is 2.24. The number of nitrogens with zero attached hydrogens (tertiary/aromatic N) is 3. The largest absolute Gasteiger partial charge is 0.494 e. The summed E-state index contributed by atoms with van der Waals surface area (Å²) < 4.78 is 7.29. The summed E-state index contributed by atoms with van der Waals surface area (Å²) in [5, 5.41) is 7.29. The molecule has 1 aromatic heterocycles. The van der Waals surface area contributed by atoms with E-state index in [0.717, 1.165) is 42.2 Å². The van der Waals surface area contributed by atoms with Gasteiger partial charge in [-0.2, -0.15) is 5.10 Å². The number of aryl methyl sites for hydroxylation is 2. The van der Waals surface area contributed by atoms with Gasteiger partial charge in [0, 0.05) is 38.5 Å². The molecule has 0 bridgehead atoms. The number of hydrogen-bond acceptors (Lipinski definition) is 4. The second-order valence-electron chi connectivity index (χ2n) is 6.94. The maximum Gasteiger partial charge on any atom is 0.228 e. The number of rotatable bonds is 8. The molecular weight excluding hydrogens is 356 g/mol. The highest BCUT2D eigenvalue weighted by molar-refractivity contribution is 5.95. The number of fused-ring (bicyclic) bond motifs is 1. The first kappa shape index (κ1) is 19.9. The molecule has 0 fully saturated rings. The van der Waals surface area contributed by atoms with Gasteiger partial charge in [0.05, 0.1) is 12.3 Å². The number of carbonyl (C=O) groups excluding carboxylic acids is 2. The van der Waals surface area contributed by atoms with Crippen molar-refractivity contribution in [1.82, 2.24) is 15.1 Å². The van der Waals surface area contributed by atoms with Crippen molar-refractivity contribution in [2.45, 2.75) is 46.1 Å². The third-order valence-electron chi connectivity index (χ3n) is 4.75. The van der Waals surface area contributed by atoms with Gasteiger partial charge in [-0.3, -0.25) is 14.5 Å². The molecule has 1 aromatic carbocycles. The van der Waals surface area contributed by atoms with E-state index in [2.05, 4.69) is 10.4 Å². The molecule has 150 valence electrons. The fourth-order valence-electron chi connectivity index (χ4n) is 3.37. The Bertz CT molecular complexity index is 814. The fraction of sp³-hybridized carbons (Fsp3) is 0.476. The van der Waals surface area contributed by atoms with E-state index < -0.39 is 0 Å². The minimum absolute atomic E-state index is 0.0255. The van der Waals surface area contributed by atoms with Gasteiger partial charge in [-0.1, -0.05) is 12.1 Å². The minimum Gasteiger partial charge on any atom is -0.494 e. The molecule has 0 aliphatic carbocycles. The van der Waals surface area contributed by atoms with Gasteiger partial charge in [0.25, 0.3) is 0 Å². The zero-order valence-electron chi connectivity index (χ0n) is 16.6. The molecule has 2 aromatic rings. The Hall–Kier alpha value is -2.83. The van der Waals surface area contributed by atoms with Crippen LogP contribution in [0.2, 0.25) is 0 Å². The molecule has 7 heteroatoms. The summed E-state index contributed by atoms with van der Waals surface area (Å²) in [7, 11) is 0. The van der Waals surface area contributed by atoms with Crippen LogP contribution in [0.1, 0.15) is 37.4 Å². The van der Waals surface area contributed by atoms with Crippen molar-refractivity contribution in [3.63, 3.8) is 0 Å². The Morgan fingerprint density at radius 2 is 1.96 bits per heavy atom. The molecule has 0 radical (unpaired) electrons. The van der Waals surface area contributed by atoms with Crippen molar-refractivity contribution in [1.29, 1.82) is 0 Å². The van der Waals surface area contributed by atoms with Gasteiger partial charge in [0.1, 0.15) is 11.6 Å². The molecular formula is C21H28N4O3. The maximum atomic E-state index is 12.5. The number of hydrogen-bond donors (Lipinski definition) is 1. The molecule has 0 atom stereocenters. The van der Waals surface area contributed by atoms with E-state index in [-0.39, 0.29) is 24.7 Å². The van der Waals surface area contributed by atoms with Crippen molar-refractivity contribution in [3.8, 4) is 5.75 Å². The van der Waals surface area contributed by atoms with Crippen LogP contribution in [0.25, 0.3) is 0 Å². The lowest BCUT2D eigenvalue weighted by atomic mass is 10.1. The first-order valence-electron chi connectivity index (χ1n) is 9.90. The lowest BCUT2D eigenvalue weighted by molar-refractivity contribution is -0.125. The average Bonchev–Trinajstić information content (AvgIpc) is 3.08. The van der Waals surface area contributed by atoms with Gasteiger partial charge in [-0.15, -0.1) is 0 Å². The number of benzene rings is 1. The van der Waals surface area contributed by atoms with E-state index in [1.807, 2.05) is 48.9 Å². The molecule has 2 amide bonds. The summed E-state index contributed by atoms with van der Waals surface area (Å²) in [6.07, 6.45) is 2.04. The Morgan fingerprint density at radius 1 is 1.18 bits per heavy atom. The van der Waals surface area contributed by atoms with Gasteiger partial charge in [0.15, 0.2) is 0 Å². The van der Waals surface area contributed by atoms with Gasteiger partial charge in [-0.25, -0.2) is 4.68 Å². The molecule has 0 unspecified atom stereocenters. The normalized spacial score (nSPS) is 13.1. The SMILES string of the molecule is CCOc1ccc(CCNC(=O)CCC(=O)N2CCCn3nc(C)cc32)cc1. The van der Waals surface area contributed by atoms with Crippen molar-refractivity contribution < 1.29 is 14.3 Å². The van der Waals surface area contributed by atoms with Gasteiger partial charge >= 0.3 is 0 Å². The van der Waals surface area contributed by atoms with Crippen LogP contribution in [0.4, 0.5) is 5.82 Å². The monoisotopic (exact) mass is 384 g/mol. The van der Waals surface area contributed by atoms with Crippen LogP contribution in [-0.2, 0) is 22.6 Å². The average molecular weight is 384 g/mol. The molecule has 7 nitrogen and oxygen atoms in total. The van der Waals surface area contributed by atoms with E-state index in [4.69, 9.17) is 4.74 Å². The Balaban J connectivity index is 1.40. The zero-order chi connectivity index (χ0) is 19.9. The third kappa shape index (κ3) is 5.12. The summed E-state index contributed by atoms with van der Waals surface area (Å²) >= 11 is 0. The molecule has 1 aliphatic heterocycles. The van der Waals surface area contributed by atoms with Crippen LogP contribution in [0, 0.1) is 6.92 Å². The lowest BCUT2D eigenvalue weighted by Crippen LogP contribution is -2.38. The molecule has 0 saturated carbocycles. The standard InChI is InChI=1S/C21H28N4O3/c1-3-28-18-7-5-17(6-8-18)11-12-22-19(26)9-10-21(27)24-13-4-14-25-20(24)15-16(2)23-25/h5-8,15H,3-4,9-14H2,1-2H3,(H,22,26). The van der Waals surface area contributed by atoms with Gasteiger partial charge < -0.3 is 10.1 Å². The number of ether oxygens (including phenoxy) is 1. The smallest absolute Gasteiger partial charge is 0.228 e. The molecule has 28 heavy (non-hydrogen) atoms. The van der Waals surface area contributed by atoms with E-state index in [9.17, 15) is 9.59 Å². The van der Waals surface area contributed by atoms with Gasteiger partial charge in [0.2, 0.25) is 11.8 Å². The Labute approximate surface area is 165 Å². The van der Waals surface area contributed by atoms with E-state index in [1.54, 1.807) is 4.90 Å². The van der Waals surface area contributed by atoms with Gasteiger partial charge in [-0.05, 0) is 44.4 Å². The fourth-order valence-corrected chi connectivity index (χ4v) is 3.37. The predicted molar refractivity (Wildman–Crippen MR) is 107 cm³/mol. The lowest BCUT2D eigenvalue weighted by Gasteiger charge is -2.27. The number of amides is 2. The number of nitrogens with one attached hydrogen (secondary N) is 1. The van der Waals surface area contributed by atoms with Crippen molar-refractivity contribution in [2.75, 3.05) is 24.6 Å². The van der Waals surface area contributed by atoms with Crippen LogP contribution in [0.3, 0.4) is 0 Å². The number of aromatic nitrogens is 2. The first-order chi connectivity index (χ1) is 13.6. The topological polar surface area (TPSA) is 76.5 Å². The van der Waals surface area contributed by atoms with Crippen molar-refractivity contribution in [2.24, 2.45) is 0 Å². The number of anilines is 1. The second kappa shape index (κ2) is 9.39. The van der Waals surface area contributed by atoms with Crippen molar-refractivity contribution >= 4 is 17.6 Å². The van der Waals surface area contributed by atoms with E-state index in [1.165, 1.54) is 0 Å². The van der Waals surface area contributed by atoms with E-state index >= 15 is 0 Å². The van der Waals surface area contributed by atoms with Crippen LogP contribution in [0.15, 0.2) is 30.3 Å². The molecule has 0 spiro atoms. The summed E-state index contributed by atoms with van der Waals surface area (Å²) in [4.78, 5) is 26.4. The quantitative estimate of drug-likeness (QED) is 0.759. The highest BCUT2D eigenvalue weighted by atomic mass is 16.5. The van der Waals surface area contributed by atoms with E-state index in [0.29, 0.717) is 19.7 Å². The number of carbonyl (C=O) groups is 2. The summed E-state index contributed by atoms with van der Waals surface area (Å²) in [5.74, 6) is 1.57. The third-order valence-corrected chi connectivity index (χ3v) is 4.75. The minimum atomic E-state index is -0.0963. The van der Waals surface area contributed by atoms with Crippen LogP contribution < -0.4 is 15.0 Å². The molecule has 2 heterocycles. The Morgan fingerprint density at radius 3 is 2.71 bits per heavy atom. The molecule has 1 aliphatic rings. The van der Waals surface area contributed by atoms with Crippen LogP contribution in [-0.4, -0.2) is 41.3 Å². The molecule has 0 saturated heterocycles. The highest BCUT2D eigenvalue weighted by Crippen LogP contribution is 2.22. The molecule has 3 rings (SSSR count). The predicted octanol–water partition coefficient (Wildman–Crippen LogP) is 2.47. The zero-order valence-corrected chi connectivity index (χ0v) is 16.6. The Kier molecular flexibility index (Phi) is 6.68. The first-order valence-corrected chi connectivity index (χ1v) is 9.90. The molecule has 1 N–H and O–H groups in total. The van der Waals surface area contributed by atoms with Crippen molar-refractivity contribution in [3.05, 3.63) is 41.6 Å². The summed E-state index contributed by atoms with van der Waals surface area (Å²) in [6.45, 7) is 6.59. The maximum absolute atomic E-state index is 12.5. The second-order valence-corrected chi connectivity index (χ2v) is 6.94. The summed E-state index contributed by atoms with van der Waals surface area (Å²) in [6, 6.07) is 9.80. The van der Waals surface area contributed by atoms with Crippen LogP contribution in [0.5, 0.6) is 5.75 Å².